The molecule has 0 fully saturated rings. The maximum Gasteiger partial charge on any atom is 0.326 e. The van der Waals surface area contributed by atoms with Crippen LogP contribution in [0, 0.1) is 0 Å². The standard InChI is InChI=1S/C26H24N2O5/c1-3-32-23-15-9-6-12-20(23)27-26(31)17(2)33-24(29)16-28-21-13-7-4-10-18(21)25(30)19-11-5-8-14-22(19)28/h4-15,17H,3,16H2,1-2H3,(H,27,31). The van der Waals surface area contributed by atoms with Crippen molar-refractivity contribution in [2.45, 2.75) is 26.5 Å². The van der Waals surface area contributed by atoms with E-state index in [1.54, 1.807) is 59.2 Å². The molecule has 33 heavy (non-hydrogen) atoms. The number of nitrogens with zero attached hydrogens (tertiary/aromatic N) is 1. The van der Waals surface area contributed by atoms with Crippen LogP contribution < -0.4 is 15.5 Å². The smallest absolute Gasteiger partial charge is 0.326 e. The maximum atomic E-state index is 12.8. The molecule has 7 nitrogen and oxygen atoms in total. The van der Waals surface area contributed by atoms with E-state index in [1.165, 1.54) is 6.92 Å². The summed E-state index contributed by atoms with van der Waals surface area (Å²) in [6.07, 6.45) is -1.02. The second kappa shape index (κ2) is 9.56. The van der Waals surface area contributed by atoms with Crippen molar-refractivity contribution in [2.75, 3.05) is 11.9 Å². The lowest BCUT2D eigenvalue weighted by molar-refractivity contribution is -0.153. The molecule has 4 aromatic rings. The third-order valence-electron chi connectivity index (χ3n) is 5.29. The molecule has 1 atom stereocenters. The van der Waals surface area contributed by atoms with Crippen LogP contribution in [0.15, 0.2) is 77.6 Å². The van der Waals surface area contributed by atoms with Gasteiger partial charge in [0.25, 0.3) is 5.91 Å². The normalized spacial score (nSPS) is 11.8. The molecule has 1 N–H and O–H groups in total. The molecule has 1 heterocycles. The number of esters is 1. The number of anilines is 1. The Balaban J connectivity index is 1.55. The highest BCUT2D eigenvalue weighted by Gasteiger charge is 2.21. The van der Waals surface area contributed by atoms with Gasteiger partial charge in [-0.15, -0.1) is 0 Å². The Kier molecular flexibility index (Phi) is 6.40. The Bertz CT molecular complexity index is 1330. The molecule has 0 saturated carbocycles. The fraction of sp³-hybridized carbons (Fsp3) is 0.192. The van der Waals surface area contributed by atoms with Crippen LogP contribution in [-0.2, 0) is 20.9 Å². The number of carbonyl (C=O) groups excluding carboxylic acids is 2. The molecule has 0 aliphatic rings. The van der Waals surface area contributed by atoms with Crippen molar-refractivity contribution in [3.63, 3.8) is 0 Å². The number of fused-ring (bicyclic) bond motifs is 2. The minimum Gasteiger partial charge on any atom is -0.492 e. The summed E-state index contributed by atoms with van der Waals surface area (Å²) in [5.74, 6) is -0.516. The summed E-state index contributed by atoms with van der Waals surface area (Å²) >= 11 is 0. The highest BCUT2D eigenvalue weighted by Crippen LogP contribution is 2.24. The van der Waals surface area contributed by atoms with Crippen LogP contribution in [-0.4, -0.2) is 29.2 Å². The van der Waals surface area contributed by atoms with Crippen molar-refractivity contribution in [1.29, 1.82) is 0 Å². The minimum absolute atomic E-state index is 0.0912. The van der Waals surface area contributed by atoms with Crippen molar-refractivity contribution < 1.29 is 19.1 Å². The van der Waals surface area contributed by atoms with Crippen LogP contribution in [0.4, 0.5) is 5.69 Å². The molecule has 1 aromatic heterocycles. The zero-order valence-corrected chi connectivity index (χ0v) is 18.4. The summed E-state index contributed by atoms with van der Waals surface area (Å²) in [7, 11) is 0. The number of hydrogen-bond acceptors (Lipinski definition) is 5. The molecule has 1 unspecified atom stereocenters. The van der Waals surface area contributed by atoms with E-state index in [0.717, 1.165) is 0 Å². The Morgan fingerprint density at radius 2 is 1.48 bits per heavy atom. The van der Waals surface area contributed by atoms with Gasteiger partial charge in [-0.3, -0.25) is 14.4 Å². The van der Waals surface area contributed by atoms with Gasteiger partial charge < -0.3 is 19.4 Å². The monoisotopic (exact) mass is 444 g/mol. The number of nitrogens with one attached hydrogen (secondary N) is 1. The summed E-state index contributed by atoms with van der Waals surface area (Å²) in [5.41, 5.74) is 1.66. The van der Waals surface area contributed by atoms with Gasteiger partial charge in [-0.2, -0.15) is 0 Å². The predicted molar refractivity (Wildman–Crippen MR) is 128 cm³/mol. The minimum atomic E-state index is -1.02. The number of hydrogen-bond donors (Lipinski definition) is 1. The van der Waals surface area contributed by atoms with Crippen LogP contribution in [0.5, 0.6) is 5.75 Å². The number of rotatable bonds is 7. The van der Waals surface area contributed by atoms with Crippen molar-refractivity contribution >= 4 is 39.4 Å². The largest absolute Gasteiger partial charge is 0.492 e. The number of benzene rings is 3. The van der Waals surface area contributed by atoms with E-state index in [0.29, 0.717) is 39.8 Å². The lowest BCUT2D eigenvalue weighted by Gasteiger charge is -2.18. The Morgan fingerprint density at radius 3 is 2.12 bits per heavy atom. The highest BCUT2D eigenvalue weighted by molar-refractivity contribution is 5.97. The second-order valence-corrected chi connectivity index (χ2v) is 7.50. The Hall–Kier alpha value is -4.13. The van der Waals surface area contributed by atoms with Gasteiger partial charge in [-0.1, -0.05) is 36.4 Å². The molecule has 0 bridgehead atoms. The van der Waals surface area contributed by atoms with E-state index in [9.17, 15) is 14.4 Å². The summed E-state index contributed by atoms with van der Waals surface area (Å²) in [6.45, 7) is 3.68. The van der Waals surface area contributed by atoms with E-state index in [1.807, 2.05) is 25.1 Å². The van der Waals surface area contributed by atoms with E-state index in [4.69, 9.17) is 9.47 Å². The van der Waals surface area contributed by atoms with Gasteiger partial charge >= 0.3 is 5.97 Å². The summed E-state index contributed by atoms with van der Waals surface area (Å²) in [6, 6.07) is 21.3. The molecule has 7 heteroatoms. The topological polar surface area (TPSA) is 86.6 Å². The van der Waals surface area contributed by atoms with Crippen LogP contribution in [0.2, 0.25) is 0 Å². The number of aromatic nitrogens is 1. The SMILES string of the molecule is CCOc1ccccc1NC(=O)C(C)OC(=O)Cn1c2ccccc2c(=O)c2ccccc21. The molecule has 0 radical (unpaired) electrons. The molecule has 0 aliphatic heterocycles. The van der Waals surface area contributed by atoms with Gasteiger partial charge in [0.05, 0.1) is 23.3 Å². The first-order valence-electron chi connectivity index (χ1n) is 10.7. The van der Waals surface area contributed by atoms with E-state index in [2.05, 4.69) is 5.32 Å². The Morgan fingerprint density at radius 1 is 0.909 bits per heavy atom. The number of ether oxygens (including phenoxy) is 2. The van der Waals surface area contributed by atoms with Gasteiger partial charge in [0, 0.05) is 10.8 Å². The molecule has 4 rings (SSSR count). The average molecular weight is 444 g/mol. The van der Waals surface area contributed by atoms with Crippen molar-refractivity contribution in [1.82, 2.24) is 4.57 Å². The lowest BCUT2D eigenvalue weighted by atomic mass is 10.1. The molecular formula is C26H24N2O5. The van der Waals surface area contributed by atoms with Crippen LogP contribution in [0.25, 0.3) is 21.8 Å². The van der Waals surface area contributed by atoms with Gasteiger partial charge in [0.2, 0.25) is 0 Å². The van der Waals surface area contributed by atoms with E-state index < -0.39 is 18.0 Å². The molecule has 0 saturated heterocycles. The van der Waals surface area contributed by atoms with Crippen LogP contribution in [0.1, 0.15) is 13.8 Å². The molecule has 0 aliphatic carbocycles. The zero-order chi connectivity index (χ0) is 23.4. The van der Waals surface area contributed by atoms with E-state index >= 15 is 0 Å². The fourth-order valence-corrected chi connectivity index (χ4v) is 3.75. The third-order valence-corrected chi connectivity index (χ3v) is 5.29. The van der Waals surface area contributed by atoms with E-state index in [-0.39, 0.29) is 12.0 Å². The number of amides is 1. The van der Waals surface area contributed by atoms with Crippen molar-refractivity contribution in [3.8, 4) is 5.75 Å². The number of carbonyl (C=O) groups is 2. The molecule has 1 amide bonds. The van der Waals surface area contributed by atoms with Gasteiger partial charge in [-0.25, -0.2) is 0 Å². The van der Waals surface area contributed by atoms with Gasteiger partial charge in [-0.05, 0) is 50.2 Å². The van der Waals surface area contributed by atoms with Crippen molar-refractivity contribution in [3.05, 3.63) is 83.0 Å². The fourth-order valence-electron chi connectivity index (χ4n) is 3.75. The van der Waals surface area contributed by atoms with Crippen LogP contribution in [0.3, 0.4) is 0 Å². The zero-order valence-electron chi connectivity index (χ0n) is 18.4. The first-order chi connectivity index (χ1) is 16.0. The Labute approximate surface area is 190 Å². The van der Waals surface area contributed by atoms with Gasteiger partial charge in [0.15, 0.2) is 11.5 Å². The molecular weight excluding hydrogens is 420 g/mol. The average Bonchev–Trinajstić information content (AvgIpc) is 2.83. The summed E-state index contributed by atoms with van der Waals surface area (Å²) < 4.78 is 12.7. The first kappa shape index (κ1) is 22.1. The summed E-state index contributed by atoms with van der Waals surface area (Å²) in [4.78, 5) is 38.3. The molecule has 168 valence electrons. The predicted octanol–water partition coefficient (Wildman–Crippen LogP) is 4.12. The second-order valence-electron chi connectivity index (χ2n) is 7.50. The van der Waals surface area contributed by atoms with Crippen LogP contribution >= 0.6 is 0 Å². The van der Waals surface area contributed by atoms with Gasteiger partial charge in [0.1, 0.15) is 12.3 Å². The summed E-state index contributed by atoms with van der Waals surface area (Å²) in [5, 5.41) is 3.77. The first-order valence-corrected chi connectivity index (χ1v) is 10.7. The quantitative estimate of drug-likeness (QED) is 0.342. The molecule has 0 spiro atoms. The maximum absolute atomic E-state index is 12.8. The highest BCUT2D eigenvalue weighted by atomic mass is 16.5. The lowest BCUT2D eigenvalue weighted by Crippen LogP contribution is -2.31. The number of para-hydroxylation sites is 4. The van der Waals surface area contributed by atoms with Crippen molar-refractivity contribution in [2.24, 2.45) is 0 Å². The number of pyridine rings is 1. The molecule has 3 aromatic carbocycles. The third kappa shape index (κ3) is 4.57.